The molecule has 1 fully saturated rings. The number of halogens is 1. The third-order valence-electron chi connectivity index (χ3n) is 3.57. The summed E-state index contributed by atoms with van der Waals surface area (Å²) in [5, 5.41) is 0. The lowest BCUT2D eigenvalue weighted by Crippen LogP contribution is -2.44. The number of carbonyl (C=O) groups is 2. The zero-order valence-corrected chi connectivity index (χ0v) is 11.1. The molecule has 4 N–H and O–H groups in total. The number of carbonyl (C=O) groups excluding carboxylic acids is 2. The minimum atomic E-state index is -0.642. The second-order valence-corrected chi connectivity index (χ2v) is 5.08. The standard InChI is InChI=1S/C14H18FN3O2/c15-12-6-5-9(16)7-11(12)14(20)18(8-13(17)19)10-3-1-2-4-10/h5-7,10H,1-4,8,16H2,(H2,17,19). The summed E-state index contributed by atoms with van der Waals surface area (Å²) >= 11 is 0. The van der Waals surface area contributed by atoms with Crippen LogP contribution in [0.5, 0.6) is 0 Å². The van der Waals surface area contributed by atoms with Crippen molar-refractivity contribution in [1.82, 2.24) is 4.90 Å². The maximum Gasteiger partial charge on any atom is 0.257 e. The van der Waals surface area contributed by atoms with Gasteiger partial charge in [-0.2, -0.15) is 0 Å². The Morgan fingerprint density at radius 2 is 1.95 bits per heavy atom. The second kappa shape index (κ2) is 5.90. The van der Waals surface area contributed by atoms with Crippen molar-refractivity contribution in [3.63, 3.8) is 0 Å². The van der Waals surface area contributed by atoms with Gasteiger partial charge in [-0.15, -0.1) is 0 Å². The Morgan fingerprint density at radius 3 is 2.55 bits per heavy atom. The van der Waals surface area contributed by atoms with Gasteiger partial charge in [-0.1, -0.05) is 12.8 Å². The van der Waals surface area contributed by atoms with Crippen molar-refractivity contribution < 1.29 is 14.0 Å². The molecule has 1 aliphatic carbocycles. The van der Waals surface area contributed by atoms with Crippen molar-refractivity contribution in [2.45, 2.75) is 31.7 Å². The number of hydrogen-bond donors (Lipinski definition) is 2. The molecule has 20 heavy (non-hydrogen) atoms. The van der Waals surface area contributed by atoms with E-state index in [2.05, 4.69) is 0 Å². The molecule has 0 atom stereocenters. The maximum atomic E-state index is 13.8. The fourth-order valence-electron chi connectivity index (χ4n) is 2.61. The van der Waals surface area contributed by atoms with E-state index in [1.165, 1.54) is 17.0 Å². The number of hydrogen-bond acceptors (Lipinski definition) is 3. The fraction of sp³-hybridized carbons (Fsp3) is 0.429. The molecule has 0 radical (unpaired) electrons. The first kappa shape index (κ1) is 14.3. The minimum absolute atomic E-state index is 0.0594. The molecule has 5 nitrogen and oxygen atoms in total. The fourth-order valence-corrected chi connectivity index (χ4v) is 2.61. The van der Waals surface area contributed by atoms with Crippen LogP contribution in [0.3, 0.4) is 0 Å². The van der Waals surface area contributed by atoms with Gasteiger partial charge in [-0.05, 0) is 31.0 Å². The molecule has 0 aromatic heterocycles. The lowest BCUT2D eigenvalue weighted by atomic mass is 10.1. The highest BCUT2D eigenvalue weighted by molar-refractivity contribution is 5.97. The average molecular weight is 279 g/mol. The minimum Gasteiger partial charge on any atom is -0.399 e. The van der Waals surface area contributed by atoms with Crippen molar-refractivity contribution in [3.8, 4) is 0 Å². The normalized spacial score (nSPS) is 15.2. The van der Waals surface area contributed by atoms with Crippen LogP contribution in [0.2, 0.25) is 0 Å². The largest absolute Gasteiger partial charge is 0.399 e. The summed E-state index contributed by atoms with van der Waals surface area (Å²) in [5.41, 5.74) is 11.0. The summed E-state index contributed by atoms with van der Waals surface area (Å²) in [7, 11) is 0. The number of nitrogens with two attached hydrogens (primary N) is 2. The van der Waals surface area contributed by atoms with Gasteiger partial charge in [0.05, 0.1) is 12.1 Å². The number of primary amides is 1. The first-order valence-corrected chi connectivity index (χ1v) is 6.63. The molecule has 1 aromatic rings. The van der Waals surface area contributed by atoms with Crippen LogP contribution in [0.1, 0.15) is 36.0 Å². The zero-order valence-electron chi connectivity index (χ0n) is 11.1. The van der Waals surface area contributed by atoms with Gasteiger partial charge in [0.1, 0.15) is 5.82 Å². The van der Waals surface area contributed by atoms with Crippen molar-refractivity contribution in [3.05, 3.63) is 29.6 Å². The third-order valence-corrected chi connectivity index (χ3v) is 3.57. The van der Waals surface area contributed by atoms with Crippen molar-refractivity contribution in [2.24, 2.45) is 5.73 Å². The SMILES string of the molecule is NC(=O)CN(C(=O)c1cc(N)ccc1F)C1CCCC1. The molecule has 0 aliphatic heterocycles. The Hall–Kier alpha value is -2.11. The van der Waals surface area contributed by atoms with Crippen LogP contribution in [0.15, 0.2) is 18.2 Å². The summed E-state index contributed by atoms with van der Waals surface area (Å²) in [6.07, 6.45) is 3.60. The van der Waals surface area contributed by atoms with Crippen LogP contribution in [0, 0.1) is 5.82 Å². The van der Waals surface area contributed by atoms with E-state index in [-0.39, 0.29) is 18.2 Å². The number of nitrogen functional groups attached to an aromatic ring is 1. The molecule has 1 aromatic carbocycles. The van der Waals surface area contributed by atoms with Crippen LogP contribution < -0.4 is 11.5 Å². The van der Waals surface area contributed by atoms with E-state index in [4.69, 9.17) is 11.5 Å². The Morgan fingerprint density at radius 1 is 1.30 bits per heavy atom. The van der Waals surface area contributed by atoms with Crippen molar-refractivity contribution >= 4 is 17.5 Å². The number of anilines is 1. The molecule has 6 heteroatoms. The van der Waals surface area contributed by atoms with E-state index in [9.17, 15) is 14.0 Å². The Labute approximate surface area is 116 Å². The highest BCUT2D eigenvalue weighted by Gasteiger charge is 2.29. The average Bonchev–Trinajstić information content (AvgIpc) is 2.91. The van der Waals surface area contributed by atoms with Crippen LogP contribution in [0.25, 0.3) is 0 Å². The Bertz CT molecular complexity index is 527. The predicted octanol–water partition coefficient (Wildman–Crippen LogP) is 1.28. The number of rotatable bonds is 4. The quantitative estimate of drug-likeness (QED) is 0.813. The molecule has 2 rings (SSSR count). The number of amides is 2. The zero-order chi connectivity index (χ0) is 14.7. The van der Waals surface area contributed by atoms with Crippen LogP contribution >= 0.6 is 0 Å². The van der Waals surface area contributed by atoms with Crippen molar-refractivity contribution in [1.29, 1.82) is 0 Å². The van der Waals surface area contributed by atoms with E-state index in [0.29, 0.717) is 5.69 Å². The van der Waals surface area contributed by atoms with Crippen molar-refractivity contribution in [2.75, 3.05) is 12.3 Å². The Balaban J connectivity index is 2.29. The second-order valence-electron chi connectivity index (χ2n) is 5.08. The molecule has 2 amide bonds. The van der Waals surface area contributed by atoms with E-state index in [1.807, 2.05) is 0 Å². The maximum absolute atomic E-state index is 13.8. The summed E-state index contributed by atoms with van der Waals surface area (Å²) in [6, 6.07) is 3.77. The first-order chi connectivity index (χ1) is 9.49. The van der Waals surface area contributed by atoms with Gasteiger partial charge in [-0.25, -0.2) is 4.39 Å². The molecular formula is C14H18FN3O2. The topological polar surface area (TPSA) is 89.4 Å². The lowest BCUT2D eigenvalue weighted by molar-refractivity contribution is -0.119. The monoisotopic (exact) mass is 279 g/mol. The van der Waals surface area contributed by atoms with Crippen LogP contribution in [0.4, 0.5) is 10.1 Å². The molecule has 0 bridgehead atoms. The van der Waals surface area contributed by atoms with E-state index >= 15 is 0 Å². The lowest BCUT2D eigenvalue weighted by Gasteiger charge is -2.28. The van der Waals surface area contributed by atoms with Gasteiger partial charge in [-0.3, -0.25) is 9.59 Å². The van der Waals surface area contributed by atoms with Gasteiger partial charge in [0.15, 0.2) is 0 Å². The number of benzene rings is 1. The summed E-state index contributed by atoms with van der Waals surface area (Å²) in [4.78, 5) is 25.0. The molecule has 0 saturated heterocycles. The number of nitrogens with zero attached hydrogens (tertiary/aromatic N) is 1. The van der Waals surface area contributed by atoms with Gasteiger partial charge in [0.2, 0.25) is 5.91 Å². The summed E-state index contributed by atoms with van der Waals surface area (Å²) in [6.45, 7) is -0.197. The Kier molecular flexibility index (Phi) is 4.22. The molecule has 108 valence electrons. The van der Waals surface area contributed by atoms with Gasteiger partial charge >= 0.3 is 0 Å². The van der Waals surface area contributed by atoms with Crippen LogP contribution in [-0.2, 0) is 4.79 Å². The molecule has 0 spiro atoms. The summed E-state index contributed by atoms with van der Waals surface area (Å²) in [5.74, 6) is -1.77. The smallest absolute Gasteiger partial charge is 0.257 e. The molecule has 1 aliphatic rings. The van der Waals surface area contributed by atoms with E-state index < -0.39 is 17.6 Å². The first-order valence-electron chi connectivity index (χ1n) is 6.63. The molecule has 0 heterocycles. The van der Waals surface area contributed by atoms with Gasteiger partial charge in [0.25, 0.3) is 5.91 Å². The van der Waals surface area contributed by atoms with E-state index in [1.54, 1.807) is 0 Å². The van der Waals surface area contributed by atoms with E-state index in [0.717, 1.165) is 31.7 Å². The van der Waals surface area contributed by atoms with Gasteiger partial charge in [0, 0.05) is 11.7 Å². The summed E-state index contributed by atoms with van der Waals surface area (Å²) < 4.78 is 13.8. The molecule has 0 unspecified atom stereocenters. The third kappa shape index (κ3) is 3.07. The highest BCUT2D eigenvalue weighted by atomic mass is 19.1. The van der Waals surface area contributed by atoms with Gasteiger partial charge < -0.3 is 16.4 Å². The molecule has 1 saturated carbocycles. The molecular weight excluding hydrogens is 261 g/mol. The highest BCUT2D eigenvalue weighted by Crippen LogP contribution is 2.25. The van der Waals surface area contributed by atoms with Crippen LogP contribution in [-0.4, -0.2) is 29.3 Å². The predicted molar refractivity (Wildman–Crippen MR) is 73.3 cm³/mol.